The van der Waals surface area contributed by atoms with Crippen LogP contribution < -0.4 is 10.5 Å². The smallest absolute Gasteiger partial charge is 0.339 e. The molecule has 10 heteroatoms. The summed E-state index contributed by atoms with van der Waals surface area (Å²) in [6.45, 7) is 4.40. The quantitative estimate of drug-likeness (QED) is 0.425. The Hall–Kier alpha value is -4.21. The molecule has 0 radical (unpaired) electrons. The molecule has 4 rings (SSSR count). The molecule has 1 saturated carbocycles. The van der Waals surface area contributed by atoms with Gasteiger partial charge in [-0.15, -0.1) is 0 Å². The first kappa shape index (κ1) is 25.9. The molecule has 1 aliphatic carbocycles. The number of nitrogens with two attached hydrogens (primary N) is 1. The third-order valence-corrected chi connectivity index (χ3v) is 6.62. The van der Waals surface area contributed by atoms with Crippen LogP contribution in [0.25, 0.3) is 23.1 Å². The van der Waals surface area contributed by atoms with Crippen LogP contribution in [0, 0.1) is 17.2 Å². The summed E-state index contributed by atoms with van der Waals surface area (Å²) in [5.41, 5.74) is 5.81. The number of hydrogen-bond acceptors (Lipinski definition) is 5. The van der Waals surface area contributed by atoms with Gasteiger partial charge in [0, 0.05) is 13.6 Å². The zero-order valence-corrected chi connectivity index (χ0v) is 21.1. The maximum atomic E-state index is 13.4. The highest BCUT2D eigenvalue weighted by Gasteiger charge is 2.67. The molecule has 3 N–H and O–H groups in total. The van der Waals surface area contributed by atoms with Crippen molar-refractivity contribution in [3.8, 4) is 5.75 Å². The number of hydrogen-bond donors (Lipinski definition) is 2. The molecular weight excluding hydrogens is 479 g/mol. The van der Waals surface area contributed by atoms with Gasteiger partial charge in [-0.05, 0) is 48.2 Å². The van der Waals surface area contributed by atoms with Gasteiger partial charge in [0.1, 0.15) is 17.1 Å². The number of carboxylic acid groups (broad SMARTS) is 1. The fraction of sp³-hybridized carbons (Fsp3) is 0.333. The molecule has 0 bridgehead atoms. The van der Waals surface area contributed by atoms with E-state index in [0.717, 1.165) is 0 Å². The summed E-state index contributed by atoms with van der Waals surface area (Å²) >= 11 is 0. The van der Waals surface area contributed by atoms with E-state index in [1.54, 1.807) is 42.1 Å². The maximum absolute atomic E-state index is 13.4. The molecule has 1 heterocycles. The first-order chi connectivity index (χ1) is 17.5. The van der Waals surface area contributed by atoms with Crippen molar-refractivity contribution in [2.75, 3.05) is 20.7 Å². The van der Waals surface area contributed by atoms with Crippen molar-refractivity contribution < 1.29 is 28.6 Å². The molecule has 0 aliphatic heterocycles. The van der Waals surface area contributed by atoms with Gasteiger partial charge < -0.3 is 20.5 Å². The number of carbonyl (C=O) groups is 3. The number of carboxylic acids is 1. The lowest BCUT2D eigenvalue weighted by Crippen LogP contribution is -2.44. The molecule has 0 saturated heterocycles. The molecule has 3 aromatic rings. The van der Waals surface area contributed by atoms with E-state index in [4.69, 9.17) is 10.5 Å². The average Bonchev–Trinajstić information content (AvgIpc) is 3.50. The van der Waals surface area contributed by atoms with Gasteiger partial charge in [-0.1, -0.05) is 32.1 Å². The standard InChI is InChI=1S/C27H29FN4O5/c1-15(2)14-31(3)26(36)27(25(29)35)13-21(27)32-20-12-10-18(24(33)34)23(37-4)22(20)19(30-32)11-7-16-5-8-17(28)9-6-16/h5-12,15,21H,13-14H2,1-4H3,(H2,29,35)(H,33,34). The van der Waals surface area contributed by atoms with E-state index in [2.05, 4.69) is 5.10 Å². The van der Waals surface area contributed by atoms with Gasteiger partial charge in [0.25, 0.3) is 0 Å². The second kappa shape index (κ2) is 9.68. The van der Waals surface area contributed by atoms with E-state index in [1.807, 2.05) is 13.8 Å². The molecule has 2 amide bonds. The van der Waals surface area contributed by atoms with Crippen molar-refractivity contribution >= 4 is 40.8 Å². The number of ether oxygens (including phenoxy) is 1. The summed E-state index contributed by atoms with van der Waals surface area (Å²) < 4.78 is 20.4. The second-order valence-electron chi connectivity index (χ2n) is 9.70. The normalized spacial score (nSPS) is 18.9. The van der Waals surface area contributed by atoms with Crippen molar-refractivity contribution in [1.29, 1.82) is 0 Å². The molecule has 9 nitrogen and oxygen atoms in total. The van der Waals surface area contributed by atoms with E-state index < -0.39 is 23.3 Å². The molecule has 37 heavy (non-hydrogen) atoms. The largest absolute Gasteiger partial charge is 0.495 e. The average molecular weight is 509 g/mol. The molecule has 1 aliphatic rings. The Morgan fingerprint density at radius 3 is 2.49 bits per heavy atom. The lowest BCUT2D eigenvalue weighted by molar-refractivity contribution is -0.143. The molecule has 194 valence electrons. The van der Waals surface area contributed by atoms with E-state index >= 15 is 0 Å². The first-order valence-electron chi connectivity index (χ1n) is 11.8. The fourth-order valence-corrected chi connectivity index (χ4v) is 4.83. The minimum absolute atomic E-state index is 0.0595. The van der Waals surface area contributed by atoms with Gasteiger partial charge in [-0.25, -0.2) is 9.18 Å². The Kier molecular flexibility index (Phi) is 6.77. The molecule has 1 fully saturated rings. The van der Waals surface area contributed by atoms with Gasteiger partial charge in [-0.2, -0.15) is 5.10 Å². The van der Waals surface area contributed by atoms with Gasteiger partial charge in [-0.3, -0.25) is 14.3 Å². The SMILES string of the molecule is COc1c(C(=O)O)ccc2c1c(C=Cc1ccc(F)cc1)nn2C1CC1(C(N)=O)C(=O)N(C)CC(C)C. The third kappa shape index (κ3) is 4.54. The van der Waals surface area contributed by atoms with E-state index in [9.17, 15) is 23.9 Å². The van der Waals surface area contributed by atoms with Crippen molar-refractivity contribution in [3.05, 3.63) is 59.0 Å². The zero-order valence-electron chi connectivity index (χ0n) is 21.1. The van der Waals surface area contributed by atoms with Gasteiger partial charge >= 0.3 is 5.97 Å². The van der Waals surface area contributed by atoms with Gasteiger partial charge in [0.15, 0.2) is 5.41 Å². The Bertz CT molecular complexity index is 1410. The zero-order chi connectivity index (χ0) is 27.1. The number of aromatic carboxylic acids is 1. The monoisotopic (exact) mass is 508 g/mol. The van der Waals surface area contributed by atoms with Gasteiger partial charge in [0.2, 0.25) is 11.8 Å². The Balaban J connectivity index is 1.86. The number of carbonyl (C=O) groups excluding carboxylic acids is 2. The lowest BCUT2D eigenvalue weighted by Gasteiger charge is -2.24. The van der Waals surface area contributed by atoms with Crippen LogP contribution >= 0.6 is 0 Å². The maximum Gasteiger partial charge on any atom is 0.339 e. The Morgan fingerprint density at radius 1 is 1.24 bits per heavy atom. The molecule has 2 atom stereocenters. The van der Waals surface area contributed by atoms with Crippen molar-refractivity contribution in [1.82, 2.24) is 14.7 Å². The summed E-state index contributed by atoms with van der Waals surface area (Å²) in [5, 5.41) is 14.8. The summed E-state index contributed by atoms with van der Waals surface area (Å²) in [4.78, 5) is 39.4. The second-order valence-corrected chi connectivity index (χ2v) is 9.70. The summed E-state index contributed by atoms with van der Waals surface area (Å²) in [7, 11) is 3.00. The third-order valence-electron chi connectivity index (χ3n) is 6.62. The number of primary amides is 1. The molecule has 0 spiro atoms. The fourth-order valence-electron chi connectivity index (χ4n) is 4.83. The highest BCUT2D eigenvalue weighted by Crippen LogP contribution is 2.58. The predicted molar refractivity (Wildman–Crippen MR) is 136 cm³/mol. The van der Waals surface area contributed by atoms with Crippen LogP contribution in [0.4, 0.5) is 4.39 Å². The highest BCUT2D eigenvalue weighted by atomic mass is 19.1. The highest BCUT2D eigenvalue weighted by molar-refractivity contribution is 6.09. The number of amides is 2. The van der Waals surface area contributed by atoms with Crippen LogP contribution in [0.3, 0.4) is 0 Å². The van der Waals surface area contributed by atoms with E-state index in [1.165, 1.54) is 30.2 Å². The minimum Gasteiger partial charge on any atom is -0.495 e. The number of rotatable bonds is 9. The summed E-state index contributed by atoms with van der Waals surface area (Å²) in [6.07, 6.45) is 3.53. The Morgan fingerprint density at radius 2 is 1.92 bits per heavy atom. The summed E-state index contributed by atoms with van der Waals surface area (Å²) in [6, 6.07) is 8.16. The topological polar surface area (TPSA) is 128 Å². The van der Waals surface area contributed by atoms with Gasteiger partial charge in [0.05, 0.1) is 29.7 Å². The number of fused-ring (bicyclic) bond motifs is 1. The molecular formula is C27H29FN4O5. The molecule has 2 aromatic carbocycles. The van der Waals surface area contributed by atoms with E-state index in [0.29, 0.717) is 28.7 Å². The number of methoxy groups -OCH3 is 1. The van der Waals surface area contributed by atoms with Crippen LogP contribution in [0.15, 0.2) is 36.4 Å². The van der Waals surface area contributed by atoms with Crippen molar-refractivity contribution in [2.45, 2.75) is 26.3 Å². The lowest BCUT2D eigenvalue weighted by atomic mass is 10.0. The predicted octanol–water partition coefficient (Wildman–Crippen LogP) is 3.58. The number of nitrogens with zero attached hydrogens (tertiary/aromatic N) is 3. The summed E-state index contributed by atoms with van der Waals surface area (Å²) in [5.74, 6) is -2.36. The van der Waals surface area contributed by atoms with Crippen molar-refractivity contribution in [3.63, 3.8) is 0 Å². The molecule has 1 aromatic heterocycles. The van der Waals surface area contributed by atoms with Crippen LogP contribution in [0.2, 0.25) is 0 Å². The number of aromatic nitrogens is 2. The van der Waals surface area contributed by atoms with Crippen LogP contribution in [-0.4, -0.2) is 58.3 Å². The van der Waals surface area contributed by atoms with Crippen LogP contribution in [0.5, 0.6) is 5.75 Å². The minimum atomic E-state index is -1.46. The van der Waals surface area contributed by atoms with Crippen LogP contribution in [-0.2, 0) is 9.59 Å². The van der Waals surface area contributed by atoms with Crippen LogP contribution in [0.1, 0.15) is 47.9 Å². The number of benzene rings is 2. The number of halogens is 1. The first-order valence-corrected chi connectivity index (χ1v) is 11.8. The van der Waals surface area contributed by atoms with E-state index in [-0.39, 0.29) is 35.4 Å². The van der Waals surface area contributed by atoms with Crippen molar-refractivity contribution in [2.24, 2.45) is 17.1 Å². The molecule has 2 unspecified atom stereocenters. The Labute approximate surface area is 213 Å².